The Kier molecular flexibility index (Phi) is 3.25. The van der Waals surface area contributed by atoms with Gasteiger partial charge in [0.2, 0.25) is 0 Å². The molecule has 75 valence electrons. The summed E-state index contributed by atoms with van der Waals surface area (Å²) in [6.07, 6.45) is 0. The highest BCUT2D eigenvalue weighted by Gasteiger charge is 2.07. The fourth-order valence-electron chi connectivity index (χ4n) is 1.24. The van der Waals surface area contributed by atoms with Gasteiger partial charge < -0.3 is 4.74 Å². The number of benzene rings is 2. The van der Waals surface area contributed by atoms with Crippen molar-refractivity contribution in [3.63, 3.8) is 0 Å². The summed E-state index contributed by atoms with van der Waals surface area (Å²) in [4.78, 5) is 0. The van der Waals surface area contributed by atoms with E-state index in [1.54, 1.807) is 12.1 Å². The van der Waals surface area contributed by atoms with Crippen molar-refractivity contribution in [3.8, 4) is 5.75 Å². The highest BCUT2D eigenvalue weighted by atomic mass is 35.5. The summed E-state index contributed by atoms with van der Waals surface area (Å²) < 4.78 is 5.55. The van der Waals surface area contributed by atoms with Gasteiger partial charge in [0.15, 0.2) is 5.56 Å². The standard InChI is InChI=1S/C13H10ClO/c14-13(11-7-3-1-4-8-11)15-12-9-5-2-6-10-12/h1,3-10,13H. The van der Waals surface area contributed by atoms with Gasteiger partial charge in [-0.3, -0.25) is 0 Å². The van der Waals surface area contributed by atoms with Crippen LogP contribution in [0.2, 0.25) is 0 Å². The zero-order valence-electron chi connectivity index (χ0n) is 8.06. The molecule has 2 heteroatoms. The first-order chi connectivity index (χ1) is 7.36. The van der Waals surface area contributed by atoms with Gasteiger partial charge in [-0.1, -0.05) is 54.1 Å². The van der Waals surface area contributed by atoms with Crippen molar-refractivity contribution in [2.45, 2.75) is 5.56 Å². The van der Waals surface area contributed by atoms with Crippen molar-refractivity contribution >= 4 is 11.6 Å². The Balaban J connectivity index is 2.08. The SMILES string of the molecule is ClC(Oc1cc[c]cc1)c1ccccc1. The van der Waals surface area contributed by atoms with Crippen LogP contribution >= 0.6 is 11.6 Å². The number of hydrogen-bond donors (Lipinski definition) is 0. The molecule has 2 aromatic carbocycles. The highest BCUT2D eigenvalue weighted by molar-refractivity contribution is 6.20. The van der Waals surface area contributed by atoms with Gasteiger partial charge >= 0.3 is 0 Å². The second kappa shape index (κ2) is 4.85. The quantitative estimate of drug-likeness (QED) is 0.711. The molecule has 0 aliphatic carbocycles. The molecule has 0 saturated carbocycles. The zero-order chi connectivity index (χ0) is 10.5. The monoisotopic (exact) mass is 217 g/mol. The van der Waals surface area contributed by atoms with Crippen molar-refractivity contribution < 1.29 is 4.74 Å². The largest absolute Gasteiger partial charge is 0.470 e. The van der Waals surface area contributed by atoms with Crippen LogP contribution in [0.15, 0.2) is 54.6 Å². The van der Waals surface area contributed by atoms with Crippen LogP contribution in [0.4, 0.5) is 0 Å². The molecule has 0 heterocycles. The van der Waals surface area contributed by atoms with Crippen molar-refractivity contribution in [3.05, 3.63) is 66.2 Å². The third kappa shape index (κ3) is 2.74. The number of ether oxygens (including phenoxy) is 1. The van der Waals surface area contributed by atoms with Crippen LogP contribution in [0.5, 0.6) is 5.75 Å². The number of hydrogen-bond acceptors (Lipinski definition) is 1. The maximum absolute atomic E-state index is 6.11. The van der Waals surface area contributed by atoms with Crippen molar-refractivity contribution in [1.82, 2.24) is 0 Å². The minimum atomic E-state index is -0.450. The van der Waals surface area contributed by atoms with E-state index in [-0.39, 0.29) is 0 Å². The lowest BCUT2D eigenvalue weighted by Crippen LogP contribution is -1.99. The summed E-state index contributed by atoms with van der Waals surface area (Å²) in [7, 11) is 0. The maximum Gasteiger partial charge on any atom is 0.197 e. The molecule has 0 aliphatic rings. The van der Waals surface area contributed by atoms with E-state index in [0.717, 1.165) is 11.3 Å². The molecular formula is C13H10ClO. The summed E-state index contributed by atoms with van der Waals surface area (Å²) in [6.45, 7) is 0. The second-order valence-corrected chi connectivity index (χ2v) is 3.48. The molecule has 0 fully saturated rings. The Morgan fingerprint density at radius 1 is 1.00 bits per heavy atom. The van der Waals surface area contributed by atoms with Gasteiger partial charge in [-0.05, 0) is 18.2 Å². The Labute approximate surface area is 94.3 Å². The summed E-state index contributed by atoms with van der Waals surface area (Å²) in [5.74, 6) is 0.748. The molecular weight excluding hydrogens is 208 g/mol. The van der Waals surface area contributed by atoms with Crippen LogP contribution in [0, 0.1) is 6.07 Å². The number of alkyl halides is 1. The van der Waals surface area contributed by atoms with E-state index >= 15 is 0 Å². The first-order valence-corrected chi connectivity index (χ1v) is 5.12. The molecule has 0 amide bonds. The van der Waals surface area contributed by atoms with E-state index in [9.17, 15) is 0 Å². The molecule has 1 nitrogen and oxygen atoms in total. The van der Waals surface area contributed by atoms with E-state index in [1.165, 1.54) is 0 Å². The molecule has 0 bridgehead atoms. The topological polar surface area (TPSA) is 9.23 Å². The van der Waals surface area contributed by atoms with Gasteiger partial charge in [0, 0.05) is 5.56 Å². The molecule has 0 spiro atoms. The van der Waals surface area contributed by atoms with Crippen molar-refractivity contribution in [2.75, 3.05) is 0 Å². The predicted molar refractivity (Wildman–Crippen MR) is 60.9 cm³/mol. The fourth-order valence-corrected chi connectivity index (χ4v) is 1.49. The Morgan fingerprint density at radius 2 is 1.67 bits per heavy atom. The van der Waals surface area contributed by atoms with E-state index in [1.807, 2.05) is 42.5 Å². The van der Waals surface area contributed by atoms with Crippen LogP contribution in [0.1, 0.15) is 11.1 Å². The number of rotatable bonds is 3. The van der Waals surface area contributed by atoms with Gasteiger partial charge in [-0.2, -0.15) is 0 Å². The van der Waals surface area contributed by atoms with E-state index in [2.05, 4.69) is 6.07 Å². The predicted octanol–water partition coefficient (Wildman–Crippen LogP) is 3.80. The zero-order valence-corrected chi connectivity index (χ0v) is 8.82. The summed E-state index contributed by atoms with van der Waals surface area (Å²) in [5, 5.41) is 0. The lowest BCUT2D eigenvalue weighted by molar-refractivity contribution is 0.288. The van der Waals surface area contributed by atoms with Crippen molar-refractivity contribution in [1.29, 1.82) is 0 Å². The molecule has 2 rings (SSSR count). The first kappa shape index (κ1) is 10.1. The molecule has 0 N–H and O–H groups in total. The molecule has 0 saturated heterocycles. The first-order valence-electron chi connectivity index (χ1n) is 4.68. The highest BCUT2D eigenvalue weighted by Crippen LogP contribution is 2.24. The normalized spacial score (nSPS) is 12.1. The Hall–Kier alpha value is -1.47. The average molecular weight is 218 g/mol. The van der Waals surface area contributed by atoms with E-state index < -0.39 is 5.56 Å². The molecule has 2 aromatic rings. The third-order valence-corrected chi connectivity index (χ3v) is 2.33. The minimum Gasteiger partial charge on any atom is -0.470 e. The average Bonchev–Trinajstić information content (AvgIpc) is 2.31. The van der Waals surface area contributed by atoms with Gasteiger partial charge in [0.1, 0.15) is 5.75 Å². The summed E-state index contributed by atoms with van der Waals surface area (Å²) >= 11 is 6.11. The number of halogens is 1. The van der Waals surface area contributed by atoms with Crippen LogP contribution in [0.3, 0.4) is 0 Å². The van der Waals surface area contributed by atoms with Crippen LogP contribution in [-0.2, 0) is 0 Å². The summed E-state index contributed by atoms with van der Waals surface area (Å²) in [6, 6.07) is 19.9. The molecule has 0 aliphatic heterocycles. The van der Waals surface area contributed by atoms with Crippen molar-refractivity contribution in [2.24, 2.45) is 0 Å². The minimum absolute atomic E-state index is 0.450. The summed E-state index contributed by atoms with van der Waals surface area (Å²) in [5.41, 5.74) is 0.501. The van der Waals surface area contributed by atoms with Gasteiger partial charge in [0.25, 0.3) is 0 Å². The fraction of sp³-hybridized carbons (Fsp3) is 0.0769. The lowest BCUT2D eigenvalue weighted by atomic mass is 10.2. The molecule has 0 aromatic heterocycles. The van der Waals surface area contributed by atoms with Crippen LogP contribution < -0.4 is 4.74 Å². The molecule has 1 radical (unpaired) electrons. The Bertz CT molecular complexity index is 399. The van der Waals surface area contributed by atoms with Gasteiger partial charge in [-0.25, -0.2) is 0 Å². The Morgan fingerprint density at radius 3 is 2.33 bits per heavy atom. The third-order valence-electron chi connectivity index (χ3n) is 1.99. The van der Waals surface area contributed by atoms with Crippen LogP contribution in [0.25, 0.3) is 0 Å². The van der Waals surface area contributed by atoms with Gasteiger partial charge in [-0.15, -0.1) is 0 Å². The van der Waals surface area contributed by atoms with E-state index in [0.29, 0.717) is 0 Å². The van der Waals surface area contributed by atoms with E-state index in [4.69, 9.17) is 16.3 Å². The lowest BCUT2D eigenvalue weighted by Gasteiger charge is -2.12. The molecule has 15 heavy (non-hydrogen) atoms. The smallest absolute Gasteiger partial charge is 0.197 e. The van der Waals surface area contributed by atoms with Crippen LogP contribution in [-0.4, -0.2) is 0 Å². The molecule has 1 atom stereocenters. The molecule has 1 unspecified atom stereocenters. The maximum atomic E-state index is 6.11. The van der Waals surface area contributed by atoms with Gasteiger partial charge in [0.05, 0.1) is 0 Å². The second-order valence-electron chi connectivity index (χ2n) is 3.08.